The van der Waals surface area contributed by atoms with Gasteiger partial charge in [0.25, 0.3) is 0 Å². The van der Waals surface area contributed by atoms with E-state index < -0.39 is 6.09 Å². The van der Waals surface area contributed by atoms with E-state index in [9.17, 15) is 9.59 Å². The maximum atomic E-state index is 11.7. The molecule has 104 valence electrons. The van der Waals surface area contributed by atoms with Crippen molar-refractivity contribution in [1.82, 2.24) is 5.32 Å². The van der Waals surface area contributed by atoms with Gasteiger partial charge in [-0.1, -0.05) is 12.1 Å². The minimum absolute atomic E-state index is 0.164. The molecule has 0 aliphatic carbocycles. The smallest absolute Gasteiger partial charge is 0.407 e. The van der Waals surface area contributed by atoms with Gasteiger partial charge in [0.05, 0.1) is 19.4 Å². The van der Waals surface area contributed by atoms with E-state index in [0.29, 0.717) is 18.0 Å². The fourth-order valence-electron chi connectivity index (χ4n) is 1.42. The van der Waals surface area contributed by atoms with Crippen molar-refractivity contribution in [2.75, 3.05) is 25.6 Å². The van der Waals surface area contributed by atoms with Gasteiger partial charge < -0.3 is 20.1 Å². The summed E-state index contributed by atoms with van der Waals surface area (Å²) in [6.07, 6.45) is -0.357. The summed E-state index contributed by atoms with van der Waals surface area (Å²) in [4.78, 5) is 22.7. The average molecular weight is 266 g/mol. The minimum atomic E-state index is -0.521. The number of benzene rings is 1. The van der Waals surface area contributed by atoms with E-state index in [1.165, 1.54) is 7.11 Å². The molecule has 0 atom stereocenters. The molecule has 0 bridgehead atoms. The molecule has 2 amide bonds. The van der Waals surface area contributed by atoms with E-state index in [2.05, 4.69) is 15.4 Å². The number of hydrogen-bond donors (Lipinski definition) is 2. The molecule has 0 aromatic heterocycles. The van der Waals surface area contributed by atoms with Crippen LogP contribution in [-0.2, 0) is 9.53 Å². The van der Waals surface area contributed by atoms with E-state index >= 15 is 0 Å². The highest BCUT2D eigenvalue weighted by Crippen LogP contribution is 2.22. The van der Waals surface area contributed by atoms with E-state index in [1.807, 2.05) is 6.07 Å². The number of para-hydroxylation sites is 2. The first-order valence-corrected chi connectivity index (χ1v) is 6.00. The highest BCUT2D eigenvalue weighted by molar-refractivity contribution is 5.92. The van der Waals surface area contributed by atoms with E-state index in [-0.39, 0.29) is 18.9 Å². The van der Waals surface area contributed by atoms with Crippen LogP contribution in [0, 0.1) is 0 Å². The van der Waals surface area contributed by atoms with Gasteiger partial charge in [0.1, 0.15) is 5.75 Å². The van der Waals surface area contributed by atoms with Crippen LogP contribution in [0.3, 0.4) is 0 Å². The molecule has 6 heteroatoms. The number of hydrogen-bond acceptors (Lipinski definition) is 4. The number of methoxy groups -OCH3 is 1. The molecular formula is C13H18N2O4. The van der Waals surface area contributed by atoms with Crippen LogP contribution >= 0.6 is 0 Å². The molecule has 0 fully saturated rings. The third-order valence-corrected chi connectivity index (χ3v) is 2.28. The molecule has 0 heterocycles. The van der Waals surface area contributed by atoms with Crippen molar-refractivity contribution in [2.24, 2.45) is 0 Å². The standard InChI is InChI=1S/C13H18N2O4/c1-3-19-13(17)14-9-8-12(16)15-10-6-4-5-7-11(10)18-2/h4-7H,3,8-9H2,1-2H3,(H,14,17)(H,15,16). The van der Waals surface area contributed by atoms with Crippen molar-refractivity contribution in [2.45, 2.75) is 13.3 Å². The Hall–Kier alpha value is -2.24. The lowest BCUT2D eigenvalue weighted by Gasteiger charge is -2.10. The van der Waals surface area contributed by atoms with Crippen molar-refractivity contribution < 1.29 is 19.1 Å². The Labute approximate surface area is 112 Å². The van der Waals surface area contributed by atoms with Crippen molar-refractivity contribution in [3.63, 3.8) is 0 Å². The lowest BCUT2D eigenvalue weighted by molar-refractivity contribution is -0.116. The van der Waals surface area contributed by atoms with Gasteiger partial charge in [-0.15, -0.1) is 0 Å². The number of carbonyl (C=O) groups is 2. The third-order valence-electron chi connectivity index (χ3n) is 2.28. The summed E-state index contributed by atoms with van der Waals surface area (Å²) in [5.41, 5.74) is 0.603. The maximum absolute atomic E-state index is 11.7. The summed E-state index contributed by atoms with van der Waals surface area (Å²) >= 11 is 0. The molecule has 0 radical (unpaired) electrons. The fraction of sp³-hybridized carbons (Fsp3) is 0.385. The Kier molecular flexibility index (Phi) is 6.21. The molecule has 1 aromatic rings. The van der Waals surface area contributed by atoms with Gasteiger partial charge in [0.2, 0.25) is 5.91 Å². The van der Waals surface area contributed by atoms with Crippen molar-refractivity contribution in [3.05, 3.63) is 24.3 Å². The largest absolute Gasteiger partial charge is 0.495 e. The van der Waals surface area contributed by atoms with Crippen LogP contribution < -0.4 is 15.4 Å². The van der Waals surface area contributed by atoms with E-state index in [0.717, 1.165) is 0 Å². The van der Waals surface area contributed by atoms with Crippen molar-refractivity contribution >= 4 is 17.7 Å². The van der Waals surface area contributed by atoms with E-state index in [1.54, 1.807) is 25.1 Å². The molecule has 1 rings (SSSR count). The van der Waals surface area contributed by atoms with Crippen LogP contribution in [0.2, 0.25) is 0 Å². The first kappa shape index (κ1) is 14.8. The number of carbonyl (C=O) groups excluding carboxylic acids is 2. The summed E-state index contributed by atoms with van der Waals surface area (Å²) in [6, 6.07) is 7.12. The lowest BCUT2D eigenvalue weighted by Crippen LogP contribution is -2.28. The van der Waals surface area contributed by atoms with Crippen LogP contribution in [0.15, 0.2) is 24.3 Å². The molecule has 0 spiro atoms. The SMILES string of the molecule is CCOC(=O)NCCC(=O)Nc1ccccc1OC. The summed E-state index contributed by atoms with van der Waals surface area (Å²) in [7, 11) is 1.54. The first-order valence-electron chi connectivity index (χ1n) is 6.00. The molecule has 0 unspecified atom stereocenters. The van der Waals surface area contributed by atoms with Gasteiger partial charge in [-0.05, 0) is 19.1 Å². The molecule has 0 aliphatic rings. The minimum Gasteiger partial charge on any atom is -0.495 e. The Balaban J connectivity index is 2.37. The van der Waals surface area contributed by atoms with Gasteiger partial charge in [-0.2, -0.15) is 0 Å². The van der Waals surface area contributed by atoms with Crippen LogP contribution in [0.4, 0.5) is 10.5 Å². The van der Waals surface area contributed by atoms with Crippen LogP contribution in [-0.4, -0.2) is 32.3 Å². The fourth-order valence-corrected chi connectivity index (χ4v) is 1.42. The molecule has 0 saturated carbocycles. The molecule has 1 aromatic carbocycles. The normalized spacial score (nSPS) is 9.58. The monoisotopic (exact) mass is 266 g/mol. The van der Waals surface area contributed by atoms with Gasteiger partial charge in [0, 0.05) is 13.0 Å². The quantitative estimate of drug-likeness (QED) is 0.822. The van der Waals surface area contributed by atoms with Gasteiger partial charge in [-0.25, -0.2) is 4.79 Å². The highest BCUT2D eigenvalue weighted by Gasteiger charge is 2.07. The summed E-state index contributed by atoms with van der Waals surface area (Å²) in [5, 5.41) is 5.19. The highest BCUT2D eigenvalue weighted by atomic mass is 16.5. The lowest BCUT2D eigenvalue weighted by atomic mass is 10.3. The molecular weight excluding hydrogens is 248 g/mol. The van der Waals surface area contributed by atoms with Crippen molar-refractivity contribution in [3.8, 4) is 5.75 Å². The van der Waals surface area contributed by atoms with Gasteiger partial charge in [-0.3, -0.25) is 4.79 Å². The summed E-state index contributed by atoms with van der Waals surface area (Å²) < 4.78 is 9.79. The molecule has 0 saturated heterocycles. The predicted octanol–water partition coefficient (Wildman–Crippen LogP) is 1.77. The Bertz CT molecular complexity index is 434. The zero-order valence-electron chi connectivity index (χ0n) is 11.1. The second-order valence-electron chi connectivity index (χ2n) is 3.65. The Morgan fingerprint density at radius 1 is 1.26 bits per heavy atom. The molecule has 19 heavy (non-hydrogen) atoms. The van der Waals surface area contributed by atoms with Crippen molar-refractivity contribution in [1.29, 1.82) is 0 Å². The van der Waals surface area contributed by atoms with E-state index in [4.69, 9.17) is 4.74 Å². The van der Waals surface area contributed by atoms with Gasteiger partial charge in [0.15, 0.2) is 0 Å². The number of nitrogens with one attached hydrogen (secondary N) is 2. The molecule has 6 nitrogen and oxygen atoms in total. The number of anilines is 1. The van der Waals surface area contributed by atoms with Crippen LogP contribution in [0.25, 0.3) is 0 Å². The molecule has 0 aliphatic heterocycles. The Morgan fingerprint density at radius 3 is 2.68 bits per heavy atom. The van der Waals surface area contributed by atoms with Crippen LogP contribution in [0.1, 0.15) is 13.3 Å². The third kappa shape index (κ3) is 5.29. The Morgan fingerprint density at radius 2 is 2.00 bits per heavy atom. The zero-order valence-corrected chi connectivity index (χ0v) is 11.1. The van der Waals surface area contributed by atoms with Crippen LogP contribution in [0.5, 0.6) is 5.75 Å². The topological polar surface area (TPSA) is 76.7 Å². The molecule has 2 N–H and O–H groups in total. The number of ether oxygens (including phenoxy) is 2. The summed E-state index contributed by atoms with van der Waals surface area (Å²) in [5.74, 6) is 0.385. The summed E-state index contributed by atoms with van der Waals surface area (Å²) in [6.45, 7) is 2.24. The number of amides is 2. The number of rotatable bonds is 6. The predicted molar refractivity (Wildman–Crippen MR) is 71.3 cm³/mol. The second kappa shape index (κ2) is 7.97. The first-order chi connectivity index (χ1) is 9.17. The maximum Gasteiger partial charge on any atom is 0.407 e. The number of alkyl carbamates (subject to hydrolysis) is 1. The second-order valence-corrected chi connectivity index (χ2v) is 3.65. The average Bonchev–Trinajstić information content (AvgIpc) is 2.39. The zero-order chi connectivity index (χ0) is 14.1. The van der Waals surface area contributed by atoms with Gasteiger partial charge >= 0.3 is 6.09 Å².